The Morgan fingerprint density at radius 3 is 2.44 bits per heavy atom. The highest BCUT2D eigenvalue weighted by atomic mass is 16.5. The summed E-state index contributed by atoms with van der Waals surface area (Å²) in [7, 11) is 0. The highest BCUT2D eigenvalue weighted by Crippen LogP contribution is 2.39. The van der Waals surface area contributed by atoms with Gasteiger partial charge in [-0.2, -0.15) is 0 Å². The van der Waals surface area contributed by atoms with Gasteiger partial charge in [0, 0.05) is 6.42 Å². The third-order valence-corrected chi connectivity index (χ3v) is 3.67. The summed E-state index contributed by atoms with van der Waals surface area (Å²) in [5.74, 6) is -2.16. The first-order valence-electron chi connectivity index (χ1n) is 6.51. The Bertz CT molecular complexity index is 351. The first-order chi connectivity index (χ1) is 8.27. The number of Topliss-reactive ketones (excluding diaryl/α,β-unsaturated/α-hetero) is 2. The third kappa shape index (κ3) is 3.40. The van der Waals surface area contributed by atoms with Crippen LogP contribution < -0.4 is 0 Å². The second-order valence-corrected chi connectivity index (χ2v) is 5.94. The van der Waals surface area contributed by atoms with E-state index >= 15 is 0 Å². The van der Waals surface area contributed by atoms with Gasteiger partial charge in [-0.25, -0.2) is 4.79 Å². The van der Waals surface area contributed by atoms with Gasteiger partial charge in [0.2, 0.25) is 5.78 Å². The van der Waals surface area contributed by atoms with E-state index in [2.05, 4.69) is 25.5 Å². The summed E-state index contributed by atoms with van der Waals surface area (Å²) in [6.45, 7) is 8.10. The number of carbonyl (C=O) groups is 3. The fraction of sp³-hybridized carbons (Fsp3) is 0.786. The van der Waals surface area contributed by atoms with Crippen molar-refractivity contribution in [2.45, 2.75) is 47.0 Å². The van der Waals surface area contributed by atoms with Crippen molar-refractivity contribution in [1.82, 2.24) is 0 Å². The van der Waals surface area contributed by atoms with Crippen LogP contribution in [0.5, 0.6) is 0 Å². The molecule has 0 spiro atoms. The summed E-state index contributed by atoms with van der Waals surface area (Å²) in [5.41, 5.74) is 0.0495. The Hall–Kier alpha value is -1.19. The van der Waals surface area contributed by atoms with Crippen LogP contribution in [0.2, 0.25) is 0 Å². The van der Waals surface area contributed by atoms with E-state index in [1.165, 1.54) is 0 Å². The summed E-state index contributed by atoms with van der Waals surface area (Å²) in [5, 5.41) is 0. The molecule has 0 N–H and O–H groups in total. The minimum Gasteiger partial charge on any atom is -0.460 e. The molecule has 1 aliphatic rings. The van der Waals surface area contributed by atoms with Gasteiger partial charge in [0.25, 0.3) is 0 Å². The molecule has 0 aromatic rings. The van der Waals surface area contributed by atoms with Crippen LogP contribution in [0.25, 0.3) is 0 Å². The Labute approximate surface area is 108 Å². The van der Waals surface area contributed by atoms with Gasteiger partial charge in [-0.1, -0.05) is 20.8 Å². The fourth-order valence-electron chi connectivity index (χ4n) is 2.41. The summed E-state index contributed by atoms with van der Waals surface area (Å²) in [6, 6.07) is 0. The van der Waals surface area contributed by atoms with E-state index in [1.807, 2.05) is 0 Å². The van der Waals surface area contributed by atoms with Crippen molar-refractivity contribution in [3.05, 3.63) is 0 Å². The maximum atomic E-state index is 11.9. The third-order valence-electron chi connectivity index (χ3n) is 3.67. The van der Waals surface area contributed by atoms with Crippen LogP contribution >= 0.6 is 0 Å². The van der Waals surface area contributed by atoms with Gasteiger partial charge in [0.1, 0.15) is 5.78 Å². The van der Waals surface area contributed by atoms with Gasteiger partial charge in [0.05, 0.1) is 12.5 Å². The van der Waals surface area contributed by atoms with Crippen molar-refractivity contribution in [1.29, 1.82) is 0 Å². The lowest BCUT2D eigenvalue weighted by Gasteiger charge is -2.36. The maximum absolute atomic E-state index is 11.9. The monoisotopic (exact) mass is 254 g/mol. The van der Waals surface area contributed by atoms with Crippen molar-refractivity contribution in [3.63, 3.8) is 0 Å². The number of hydrogen-bond donors (Lipinski definition) is 0. The molecule has 0 amide bonds. The Morgan fingerprint density at radius 2 is 1.94 bits per heavy atom. The first kappa shape index (κ1) is 14.9. The SMILES string of the molecule is CCOC(=O)C(=O)C1CC(C(C)(C)C)CCC1=O. The van der Waals surface area contributed by atoms with E-state index in [4.69, 9.17) is 0 Å². The summed E-state index contributed by atoms with van der Waals surface area (Å²) >= 11 is 0. The molecular formula is C14H22O4. The second-order valence-electron chi connectivity index (χ2n) is 5.94. The summed E-state index contributed by atoms with van der Waals surface area (Å²) in [4.78, 5) is 35.1. The summed E-state index contributed by atoms with van der Waals surface area (Å²) < 4.78 is 4.69. The molecule has 0 heterocycles. The Morgan fingerprint density at radius 1 is 1.33 bits per heavy atom. The molecule has 0 bridgehead atoms. The van der Waals surface area contributed by atoms with Crippen molar-refractivity contribution < 1.29 is 19.1 Å². The van der Waals surface area contributed by atoms with Gasteiger partial charge < -0.3 is 4.74 Å². The quantitative estimate of drug-likeness (QED) is 0.440. The first-order valence-corrected chi connectivity index (χ1v) is 6.51. The fourth-order valence-corrected chi connectivity index (χ4v) is 2.41. The van der Waals surface area contributed by atoms with Gasteiger partial charge in [0.15, 0.2) is 0 Å². The van der Waals surface area contributed by atoms with Crippen LogP contribution in [0.1, 0.15) is 47.0 Å². The van der Waals surface area contributed by atoms with Crippen molar-refractivity contribution in [2.75, 3.05) is 6.61 Å². The molecule has 1 fully saturated rings. The zero-order valence-corrected chi connectivity index (χ0v) is 11.6. The van der Waals surface area contributed by atoms with Crippen LogP contribution in [-0.2, 0) is 19.1 Å². The molecular weight excluding hydrogens is 232 g/mol. The molecule has 2 unspecified atom stereocenters. The van der Waals surface area contributed by atoms with E-state index in [9.17, 15) is 14.4 Å². The molecule has 1 saturated carbocycles. The standard InChI is InChI=1S/C14H22O4/c1-5-18-13(17)12(16)10-8-9(14(2,3)4)6-7-11(10)15/h9-10H,5-8H2,1-4H3. The van der Waals surface area contributed by atoms with E-state index < -0.39 is 17.7 Å². The predicted octanol–water partition coefficient (Wildman–Crippen LogP) is 2.15. The number of hydrogen-bond acceptors (Lipinski definition) is 4. The minimum absolute atomic E-state index is 0.0495. The second kappa shape index (κ2) is 5.63. The van der Waals surface area contributed by atoms with Gasteiger partial charge in [-0.15, -0.1) is 0 Å². The smallest absolute Gasteiger partial charge is 0.375 e. The van der Waals surface area contributed by atoms with E-state index in [1.54, 1.807) is 6.92 Å². The molecule has 0 saturated heterocycles. The number of ketones is 2. The molecule has 1 rings (SSSR count). The molecule has 18 heavy (non-hydrogen) atoms. The Kier molecular flexibility index (Phi) is 4.65. The largest absolute Gasteiger partial charge is 0.460 e. The zero-order chi connectivity index (χ0) is 13.9. The van der Waals surface area contributed by atoms with Crippen LogP contribution in [0.15, 0.2) is 0 Å². The highest BCUT2D eigenvalue weighted by molar-refractivity contribution is 6.38. The van der Waals surface area contributed by atoms with E-state index in [-0.39, 0.29) is 17.8 Å². The molecule has 2 atom stereocenters. The molecule has 4 heteroatoms. The highest BCUT2D eigenvalue weighted by Gasteiger charge is 2.40. The van der Waals surface area contributed by atoms with Crippen molar-refractivity contribution in [2.24, 2.45) is 17.3 Å². The van der Waals surface area contributed by atoms with Crippen LogP contribution in [-0.4, -0.2) is 24.1 Å². The lowest BCUT2D eigenvalue weighted by atomic mass is 9.68. The molecule has 0 radical (unpaired) electrons. The van der Waals surface area contributed by atoms with E-state index in [0.717, 1.165) is 6.42 Å². The predicted molar refractivity (Wildman–Crippen MR) is 66.9 cm³/mol. The zero-order valence-electron chi connectivity index (χ0n) is 11.6. The number of rotatable bonds is 3. The van der Waals surface area contributed by atoms with Crippen molar-refractivity contribution >= 4 is 17.5 Å². The van der Waals surface area contributed by atoms with Crippen LogP contribution in [0.3, 0.4) is 0 Å². The maximum Gasteiger partial charge on any atom is 0.375 e. The molecule has 4 nitrogen and oxygen atoms in total. The van der Waals surface area contributed by atoms with Gasteiger partial charge in [-0.3, -0.25) is 9.59 Å². The van der Waals surface area contributed by atoms with Crippen LogP contribution in [0.4, 0.5) is 0 Å². The minimum atomic E-state index is -0.870. The number of esters is 1. The van der Waals surface area contributed by atoms with E-state index in [0.29, 0.717) is 18.8 Å². The summed E-state index contributed by atoms with van der Waals surface area (Å²) in [6.07, 6.45) is 1.66. The van der Waals surface area contributed by atoms with Gasteiger partial charge >= 0.3 is 5.97 Å². The van der Waals surface area contributed by atoms with Crippen LogP contribution in [0, 0.1) is 17.3 Å². The molecule has 0 aromatic heterocycles. The van der Waals surface area contributed by atoms with Gasteiger partial charge in [-0.05, 0) is 31.1 Å². The Balaban J connectivity index is 2.77. The molecule has 1 aliphatic carbocycles. The lowest BCUT2D eigenvalue weighted by molar-refractivity contribution is -0.158. The lowest BCUT2D eigenvalue weighted by Crippen LogP contribution is -2.39. The number of ether oxygens (including phenoxy) is 1. The number of carbonyl (C=O) groups excluding carboxylic acids is 3. The normalized spacial score (nSPS) is 24.8. The molecule has 102 valence electrons. The topological polar surface area (TPSA) is 60.4 Å². The molecule has 0 aromatic carbocycles. The average Bonchev–Trinajstić information content (AvgIpc) is 2.27. The van der Waals surface area contributed by atoms with Crippen molar-refractivity contribution in [3.8, 4) is 0 Å². The molecule has 0 aliphatic heterocycles. The average molecular weight is 254 g/mol.